The van der Waals surface area contributed by atoms with E-state index >= 15 is 0 Å². The van der Waals surface area contributed by atoms with E-state index in [0.29, 0.717) is 0 Å². The van der Waals surface area contributed by atoms with Gasteiger partial charge in [-0.1, -0.05) is 20.8 Å². The molecule has 0 bridgehead atoms. The van der Waals surface area contributed by atoms with Gasteiger partial charge in [-0.2, -0.15) is 5.10 Å². The van der Waals surface area contributed by atoms with Gasteiger partial charge in [-0.15, -0.1) is 0 Å². The van der Waals surface area contributed by atoms with Gasteiger partial charge < -0.3 is 0 Å². The molecule has 2 heteroatoms. The molecule has 1 aliphatic carbocycles. The van der Waals surface area contributed by atoms with Crippen molar-refractivity contribution in [3.63, 3.8) is 0 Å². The lowest BCUT2D eigenvalue weighted by Crippen LogP contribution is -2.14. The zero-order chi connectivity index (χ0) is 11.2. The summed E-state index contributed by atoms with van der Waals surface area (Å²) < 4.78 is 2.22. The second-order valence-electron chi connectivity index (χ2n) is 5.92. The first-order chi connectivity index (χ1) is 6.89. The van der Waals surface area contributed by atoms with Gasteiger partial charge in [0.2, 0.25) is 0 Å². The van der Waals surface area contributed by atoms with E-state index in [-0.39, 0.29) is 5.41 Å². The Bertz CT molecular complexity index is 365. The van der Waals surface area contributed by atoms with E-state index in [1.165, 1.54) is 29.8 Å². The fourth-order valence-electron chi connectivity index (χ4n) is 2.51. The first-order valence-electron chi connectivity index (χ1n) is 5.94. The van der Waals surface area contributed by atoms with Crippen molar-refractivity contribution in [1.82, 2.24) is 9.78 Å². The molecule has 1 heterocycles. The molecule has 0 amide bonds. The predicted octanol–water partition coefficient (Wildman–Crippen LogP) is 3.21. The monoisotopic (exact) mass is 206 g/mol. The number of aromatic nitrogens is 2. The summed E-state index contributed by atoms with van der Waals surface area (Å²) in [5.74, 6) is 0.899. The lowest BCUT2D eigenvalue weighted by Gasteiger charge is -2.19. The Hall–Kier alpha value is -0.790. The zero-order valence-electron chi connectivity index (χ0n) is 10.6. The van der Waals surface area contributed by atoms with Crippen LogP contribution in [0.5, 0.6) is 0 Å². The Morgan fingerprint density at radius 1 is 1.27 bits per heavy atom. The van der Waals surface area contributed by atoms with Crippen LogP contribution >= 0.6 is 0 Å². The van der Waals surface area contributed by atoms with Crippen LogP contribution in [0.15, 0.2) is 0 Å². The van der Waals surface area contributed by atoms with E-state index in [2.05, 4.69) is 44.4 Å². The third kappa shape index (κ3) is 2.09. The maximum absolute atomic E-state index is 4.67. The van der Waals surface area contributed by atoms with Crippen LogP contribution in [-0.4, -0.2) is 9.78 Å². The van der Waals surface area contributed by atoms with Crippen LogP contribution in [0.3, 0.4) is 0 Å². The maximum atomic E-state index is 4.67. The van der Waals surface area contributed by atoms with Crippen LogP contribution in [0.2, 0.25) is 0 Å². The van der Waals surface area contributed by atoms with Gasteiger partial charge in [0.1, 0.15) is 0 Å². The topological polar surface area (TPSA) is 17.8 Å². The summed E-state index contributed by atoms with van der Waals surface area (Å²) in [4.78, 5) is 0. The SMILES string of the molecule is Cc1nn(CC2CC2)c(C)c1C(C)(C)C. The van der Waals surface area contributed by atoms with Gasteiger partial charge in [0, 0.05) is 17.8 Å². The molecule has 0 spiro atoms. The molecular weight excluding hydrogens is 184 g/mol. The van der Waals surface area contributed by atoms with Crippen LogP contribution in [0.1, 0.15) is 50.6 Å². The molecule has 1 fully saturated rings. The number of rotatable bonds is 2. The van der Waals surface area contributed by atoms with Crippen molar-refractivity contribution in [2.75, 3.05) is 0 Å². The van der Waals surface area contributed by atoms with E-state index in [0.717, 1.165) is 12.5 Å². The smallest absolute Gasteiger partial charge is 0.0633 e. The van der Waals surface area contributed by atoms with Gasteiger partial charge in [-0.05, 0) is 38.0 Å². The van der Waals surface area contributed by atoms with Crippen molar-refractivity contribution in [2.45, 2.75) is 59.4 Å². The Morgan fingerprint density at radius 3 is 2.27 bits per heavy atom. The molecule has 0 atom stereocenters. The summed E-state index contributed by atoms with van der Waals surface area (Å²) in [5, 5.41) is 4.67. The molecule has 1 saturated carbocycles. The minimum atomic E-state index is 0.218. The molecule has 2 nitrogen and oxygen atoms in total. The van der Waals surface area contributed by atoms with Crippen molar-refractivity contribution in [3.05, 3.63) is 17.0 Å². The number of hydrogen-bond acceptors (Lipinski definition) is 1. The summed E-state index contributed by atoms with van der Waals surface area (Å²) >= 11 is 0. The molecule has 0 aliphatic heterocycles. The van der Waals surface area contributed by atoms with Crippen LogP contribution in [0, 0.1) is 19.8 Å². The van der Waals surface area contributed by atoms with E-state index in [4.69, 9.17) is 0 Å². The highest BCUT2D eigenvalue weighted by Gasteiger charge is 2.27. The second-order valence-corrected chi connectivity index (χ2v) is 5.92. The Balaban J connectivity index is 2.34. The maximum Gasteiger partial charge on any atom is 0.0633 e. The molecular formula is C13H22N2. The molecule has 0 N–H and O–H groups in total. The second kappa shape index (κ2) is 3.36. The van der Waals surface area contributed by atoms with E-state index < -0.39 is 0 Å². The summed E-state index contributed by atoms with van der Waals surface area (Å²) in [6.07, 6.45) is 2.78. The molecule has 1 aromatic heterocycles. The Morgan fingerprint density at radius 2 is 1.87 bits per heavy atom. The predicted molar refractivity (Wildman–Crippen MR) is 63.1 cm³/mol. The molecule has 0 unspecified atom stereocenters. The summed E-state index contributed by atoms with van der Waals surface area (Å²) in [5.41, 5.74) is 4.23. The number of aryl methyl sites for hydroxylation is 1. The van der Waals surface area contributed by atoms with Crippen molar-refractivity contribution < 1.29 is 0 Å². The van der Waals surface area contributed by atoms with Gasteiger partial charge in [0.25, 0.3) is 0 Å². The summed E-state index contributed by atoms with van der Waals surface area (Å²) in [6, 6.07) is 0. The third-order valence-electron chi connectivity index (χ3n) is 3.26. The van der Waals surface area contributed by atoms with Crippen molar-refractivity contribution in [2.24, 2.45) is 5.92 Å². The number of nitrogens with zero attached hydrogens (tertiary/aromatic N) is 2. The van der Waals surface area contributed by atoms with E-state index in [1.807, 2.05) is 0 Å². The van der Waals surface area contributed by atoms with Crippen LogP contribution in [-0.2, 0) is 12.0 Å². The van der Waals surface area contributed by atoms with Gasteiger partial charge >= 0.3 is 0 Å². The van der Waals surface area contributed by atoms with Gasteiger partial charge in [-0.3, -0.25) is 4.68 Å². The molecule has 0 radical (unpaired) electrons. The molecule has 2 rings (SSSR count). The van der Waals surface area contributed by atoms with E-state index in [9.17, 15) is 0 Å². The minimum Gasteiger partial charge on any atom is -0.269 e. The van der Waals surface area contributed by atoms with Crippen LogP contribution in [0.4, 0.5) is 0 Å². The number of hydrogen-bond donors (Lipinski definition) is 0. The van der Waals surface area contributed by atoms with Gasteiger partial charge in [0.15, 0.2) is 0 Å². The average molecular weight is 206 g/mol. The van der Waals surface area contributed by atoms with Crippen molar-refractivity contribution >= 4 is 0 Å². The van der Waals surface area contributed by atoms with E-state index in [1.54, 1.807) is 0 Å². The lowest BCUT2D eigenvalue weighted by molar-refractivity contribution is 0.539. The normalized spacial score (nSPS) is 17.1. The molecule has 15 heavy (non-hydrogen) atoms. The standard InChI is InChI=1S/C13H22N2/c1-9-12(13(3,4)5)10(2)15(14-9)8-11-6-7-11/h11H,6-8H2,1-5H3. The van der Waals surface area contributed by atoms with Crippen LogP contribution in [0.25, 0.3) is 0 Å². The largest absolute Gasteiger partial charge is 0.269 e. The average Bonchev–Trinajstić information content (AvgIpc) is 2.79. The summed E-state index contributed by atoms with van der Waals surface area (Å²) in [7, 11) is 0. The highest BCUT2D eigenvalue weighted by atomic mass is 15.3. The fraction of sp³-hybridized carbons (Fsp3) is 0.769. The highest BCUT2D eigenvalue weighted by molar-refractivity contribution is 5.31. The minimum absolute atomic E-state index is 0.218. The first kappa shape index (κ1) is 10.7. The Labute approximate surface area is 92.7 Å². The molecule has 84 valence electrons. The van der Waals surface area contributed by atoms with Gasteiger partial charge in [0.05, 0.1) is 5.69 Å². The summed E-state index contributed by atoms with van der Waals surface area (Å²) in [6.45, 7) is 12.3. The molecule has 0 saturated heterocycles. The zero-order valence-corrected chi connectivity index (χ0v) is 10.6. The first-order valence-corrected chi connectivity index (χ1v) is 5.94. The molecule has 1 aromatic rings. The fourth-order valence-corrected chi connectivity index (χ4v) is 2.51. The van der Waals surface area contributed by atoms with Crippen LogP contribution < -0.4 is 0 Å². The van der Waals surface area contributed by atoms with Gasteiger partial charge in [-0.25, -0.2) is 0 Å². The Kier molecular flexibility index (Phi) is 2.40. The molecule has 1 aliphatic rings. The molecule has 0 aromatic carbocycles. The quantitative estimate of drug-likeness (QED) is 0.726. The third-order valence-corrected chi connectivity index (χ3v) is 3.26. The highest BCUT2D eigenvalue weighted by Crippen LogP contribution is 2.33. The lowest BCUT2D eigenvalue weighted by atomic mass is 9.85. The van der Waals surface area contributed by atoms with Crippen molar-refractivity contribution in [1.29, 1.82) is 0 Å². The van der Waals surface area contributed by atoms with Crippen molar-refractivity contribution in [3.8, 4) is 0 Å².